The smallest absolute Gasteiger partial charge is 0.344 e. The fourth-order valence-electron chi connectivity index (χ4n) is 2.12. The summed E-state index contributed by atoms with van der Waals surface area (Å²) in [6.45, 7) is 1.46. The highest BCUT2D eigenvalue weighted by Gasteiger charge is 2.38. The Hall–Kier alpha value is -3.08. The van der Waals surface area contributed by atoms with Crippen molar-refractivity contribution < 1.29 is 27.3 Å². The van der Waals surface area contributed by atoms with Crippen molar-refractivity contribution in [1.82, 2.24) is 20.4 Å². The third kappa shape index (κ3) is 4.19. The molecule has 0 saturated heterocycles. The highest BCUT2D eigenvalue weighted by Crippen LogP contribution is 2.29. The maximum atomic E-state index is 12.5. The van der Waals surface area contributed by atoms with Crippen LogP contribution in [0.15, 0.2) is 34.3 Å². The number of Topliss-reactive ketones (excluding diaryl/α,β-unsaturated/α-hetero) is 1. The highest BCUT2D eigenvalue weighted by molar-refractivity contribution is 7.11. The normalized spacial score (nSPS) is 11.4. The number of nitrogens with zero attached hydrogens (tertiary/aromatic N) is 3. The molecule has 3 rings (SSSR count). The summed E-state index contributed by atoms with van der Waals surface area (Å²) in [6.07, 6.45) is -4.73. The van der Waals surface area contributed by atoms with E-state index in [2.05, 4.69) is 25.0 Å². The van der Waals surface area contributed by atoms with E-state index in [1.54, 1.807) is 6.92 Å². The van der Waals surface area contributed by atoms with Crippen LogP contribution in [0.1, 0.15) is 31.6 Å². The van der Waals surface area contributed by atoms with Crippen molar-refractivity contribution in [2.24, 2.45) is 0 Å². The van der Waals surface area contributed by atoms with Gasteiger partial charge in [-0.25, -0.2) is 4.98 Å². The summed E-state index contributed by atoms with van der Waals surface area (Å²) in [5.41, 5.74) is 2.65. The lowest BCUT2D eigenvalue weighted by Crippen LogP contribution is -2.29. The zero-order chi connectivity index (χ0) is 19.6. The number of amides is 1. The molecule has 0 aliphatic heterocycles. The van der Waals surface area contributed by atoms with Gasteiger partial charge in [0.1, 0.15) is 4.88 Å². The zero-order valence-electron chi connectivity index (χ0n) is 13.7. The molecule has 0 bridgehead atoms. The molecule has 2 aromatic heterocycles. The Labute approximate surface area is 154 Å². The number of carbonyl (C=O) groups excluding carboxylic acids is 2. The first-order valence-corrected chi connectivity index (χ1v) is 8.36. The number of aryl methyl sites for hydroxylation is 1. The molecular formula is C16H11F3N4O3S. The van der Waals surface area contributed by atoms with Gasteiger partial charge >= 0.3 is 12.1 Å². The summed E-state index contributed by atoms with van der Waals surface area (Å²) in [7, 11) is 0. The lowest BCUT2D eigenvalue weighted by molar-refractivity contribution is -0.159. The molecule has 27 heavy (non-hydrogen) atoms. The number of carbonyl (C=O) groups is 2. The molecule has 7 nitrogen and oxygen atoms in total. The molecule has 0 aliphatic carbocycles. The van der Waals surface area contributed by atoms with E-state index in [1.165, 1.54) is 41.1 Å². The third-order valence-electron chi connectivity index (χ3n) is 3.49. The minimum atomic E-state index is -4.73. The molecule has 0 aliphatic rings. The first-order chi connectivity index (χ1) is 12.8. The molecular weight excluding hydrogens is 385 g/mol. The summed E-state index contributed by atoms with van der Waals surface area (Å²) < 4.78 is 41.6. The Balaban J connectivity index is 1.64. The van der Waals surface area contributed by atoms with Gasteiger partial charge in [-0.15, -0.1) is 11.3 Å². The van der Waals surface area contributed by atoms with Gasteiger partial charge in [-0.2, -0.15) is 18.2 Å². The minimum Gasteiger partial charge on any atom is -0.344 e. The minimum absolute atomic E-state index is 0.226. The molecule has 11 heteroatoms. The summed E-state index contributed by atoms with van der Waals surface area (Å²) in [6, 6.07) is 5.61. The molecule has 140 valence electrons. The van der Waals surface area contributed by atoms with Gasteiger partial charge in [-0.05, 0) is 6.92 Å². The quantitative estimate of drug-likeness (QED) is 0.666. The van der Waals surface area contributed by atoms with Gasteiger partial charge in [-0.1, -0.05) is 29.4 Å². The monoisotopic (exact) mass is 396 g/mol. The number of benzene rings is 1. The van der Waals surface area contributed by atoms with Gasteiger partial charge in [0.2, 0.25) is 5.82 Å². The molecule has 0 saturated carbocycles. The van der Waals surface area contributed by atoms with Crippen molar-refractivity contribution in [2.45, 2.75) is 13.1 Å². The van der Waals surface area contributed by atoms with Gasteiger partial charge in [-0.3, -0.25) is 9.59 Å². The highest BCUT2D eigenvalue weighted by atomic mass is 32.1. The van der Waals surface area contributed by atoms with E-state index in [4.69, 9.17) is 0 Å². The van der Waals surface area contributed by atoms with Crippen LogP contribution in [0.3, 0.4) is 0 Å². The summed E-state index contributed by atoms with van der Waals surface area (Å²) in [4.78, 5) is 31.8. The maximum Gasteiger partial charge on any atom is 0.471 e. The van der Waals surface area contributed by atoms with E-state index in [0.29, 0.717) is 10.6 Å². The average molecular weight is 396 g/mol. The number of hydrogen-bond acceptors (Lipinski definition) is 7. The lowest BCUT2D eigenvalue weighted by Gasteiger charge is -2.04. The van der Waals surface area contributed by atoms with Crippen LogP contribution >= 0.6 is 11.3 Å². The van der Waals surface area contributed by atoms with E-state index in [0.717, 1.165) is 0 Å². The van der Waals surface area contributed by atoms with Crippen LogP contribution < -0.4 is 5.32 Å². The lowest BCUT2D eigenvalue weighted by atomic mass is 10.1. The van der Waals surface area contributed by atoms with Crippen molar-refractivity contribution >= 4 is 23.0 Å². The number of ketones is 1. The number of rotatable bonds is 5. The van der Waals surface area contributed by atoms with Crippen LogP contribution in [0, 0.1) is 6.92 Å². The Kier molecular flexibility index (Phi) is 5.04. The predicted molar refractivity (Wildman–Crippen MR) is 88.3 cm³/mol. The van der Waals surface area contributed by atoms with Crippen molar-refractivity contribution in [3.8, 4) is 11.4 Å². The fourth-order valence-corrected chi connectivity index (χ4v) is 2.84. The molecule has 1 aromatic carbocycles. The molecule has 3 aromatic rings. The van der Waals surface area contributed by atoms with Crippen LogP contribution in [0.4, 0.5) is 13.2 Å². The maximum absolute atomic E-state index is 12.5. The van der Waals surface area contributed by atoms with E-state index < -0.39 is 18.0 Å². The van der Waals surface area contributed by atoms with Crippen LogP contribution in [0.25, 0.3) is 11.4 Å². The second-order valence-corrected chi connectivity index (χ2v) is 6.23. The van der Waals surface area contributed by atoms with Crippen LogP contribution in [-0.4, -0.2) is 33.4 Å². The fraction of sp³-hybridized carbons (Fsp3) is 0.188. The van der Waals surface area contributed by atoms with Crippen LogP contribution in [0.2, 0.25) is 0 Å². The molecule has 0 spiro atoms. The predicted octanol–water partition coefficient (Wildman–Crippen LogP) is 3.13. The zero-order valence-corrected chi connectivity index (χ0v) is 14.5. The molecule has 1 amide bonds. The first kappa shape index (κ1) is 18.7. The molecule has 0 atom stereocenters. The Morgan fingerprint density at radius 2 is 1.93 bits per heavy atom. The summed E-state index contributed by atoms with van der Waals surface area (Å²) in [5, 5.41) is 5.78. The Bertz CT molecular complexity index is 979. The van der Waals surface area contributed by atoms with Crippen molar-refractivity contribution in [2.75, 3.05) is 6.54 Å². The largest absolute Gasteiger partial charge is 0.471 e. The summed E-state index contributed by atoms with van der Waals surface area (Å²) in [5.74, 6) is -2.44. The molecule has 0 fully saturated rings. The van der Waals surface area contributed by atoms with Crippen molar-refractivity contribution in [3.05, 3.63) is 51.8 Å². The number of hydrogen-bond donors (Lipinski definition) is 1. The first-order valence-electron chi connectivity index (χ1n) is 7.48. The average Bonchev–Trinajstić information content (AvgIpc) is 3.28. The molecule has 0 radical (unpaired) electrons. The van der Waals surface area contributed by atoms with Gasteiger partial charge in [0, 0.05) is 11.1 Å². The second-order valence-electron chi connectivity index (χ2n) is 5.37. The Morgan fingerprint density at radius 1 is 1.22 bits per heavy atom. The van der Waals surface area contributed by atoms with E-state index in [1.807, 2.05) is 0 Å². The molecule has 0 unspecified atom stereocenters. The third-order valence-corrected chi connectivity index (χ3v) is 4.42. The van der Waals surface area contributed by atoms with Crippen LogP contribution in [0.5, 0.6) is 0 Å². The van der Waals surface area contributed by atoms with Gasteiger partial charge in [0.05, 0.1) is 17.7 Å². The van der Waals surface area contributed by atoms with Gasteiger partial charge in [0.15, 0.2) is 5.78 Å². The second kappa shape index (κ2) is 7.27. The Morgan fingerprint density at radius 3 is 2.48 bits per heavy atom. The van der Waals surface area contributed by atoms with Gasteiger partial charge in [0.25, 0.3) is 5.91 Å². The standard InChI is InChI=1S/C16H11F3N4O3S/c1-8-12(27-7-21-8)14(25)20-6-11(24)9-2-4-10(5-3-9)13-22-15(26-23-13)16(17,18)19/h2-5,7H,6H2,1H3,(H,20,25). The number of alkyl halides is 3. The van der Waals surface area contributed by atoms with Crippen LogP contribution in [-0.2, 0) is 6.18 Å². The van der Waals surface area contributed by atoms with Crippen molar-refractivity contribution in [3.63, 3.8) is 0 Å². The SMILES string of the molecule is Cc1ncsc1C(=O)NCC(=O)c1ccc(-c2noc(C(F)(F)F)n2)cc1. The van der Waals surface area contributed by atoms with E-state index in [9.17, 15) is 22.8 Å². The van der Waals surface area contributed by atoms with E-state index in [-0.39, 0.29) is 29.3 Å². The molecule has 1 N–H and O–H groups in total. The van der Waals surface area contributed by atoms with E-state index >= 15 is 0 Å². The molecule has 2 heterocycles. The number of nitrogens with one attached hydrogen (secondary N) is 1. The number of aromatic nitrogens is 3. The summed E-state index contributed by atoms with van der Waals surface area (Å²) >= 11 is 1.17. The topological polar surface area (TPSA) is 98.0 Å². The van der Waals surface area contributed by atoms with Gasteiger partial charge < -0.3 is 9.84 Å². The number of halogens is 3. The number of thiazole rings is 1. The van der Waals surface area contributed by atoms with Crippen molar-refractivity contribution in [1.29, 1.82) is 0 Å².